The van der Waals surface area contributed by atoms with Gasteiger partial charge < -0.3 is 32.7 Å². The van der Waals surface area contributed by atoms with Gasteiger partial charge in [-0.25, -0.2) is 4.57 Å². The van der Waals surface area contributed by atoms with Gasteiger partial charge in [-0.15, -0.1) is 0 Å². The van der Waals surface area contributed by atoms with E-state index in [2.05, 4.69) is 13.8 Å². The fourth-order valence-electron chi connectivity index (χ4n) is 2.21. The van der Waals surface area contributed by atoms with Crippen molar-refractivity contribution in [1.82, 2.24) is 0 Å². The van der Waals surface area contributed by atoms with Crippen LogP contribution < -0.4 is 0 Å². The fraction of sp³-hybridized carbons (Fsp3) is 0.800. The highest BCUT2D eigenvalue weighted by molar-refractivity contribution is 7.47. The lowest BCUT2D eigenvalue weighted by Crippen LogP contribution is -2.37. The summed E-state index contributed by atoms with van der Waals surface area (Å²) in [6, 6.07) is 0. The minimum absolute atomic E-state index is 0.0213. The van der Waals surface area contributed by atoms with Crippen molar-refractivity contribution >= 4 is 19.8 Å². The second-order valence-corrected chi connectivity index (χ2v) is 9.48. The van der Waals surface area contributed by atoms with Crippen molar-refractivity contribution in [3.63, 3.8) is 0 Å². The summed E-state index contributed by atoms with van der Waals surface area (Å²) in [4.78, 5) is 33.4. The highest BCUT2D eigenvalue weighted by Crippen LogP contribution is 2.43. The smallest absolute Gasteiger partial charge is 0.462 e. The molecule has 0 aromatic rings. The summed E-state index contributed by atoms with van der Waals surface area (Å²) in [6.45, 7) is 7.16. The Kier molecular flexibility index (Phi) is 15.2. The first-order valence-electron chi connectivity index (χ1n) is 10.3. The number of hydrogen-bond acceptors (Lipinski definition) is 7. The Bertz CT molecular complexity index is 535. The van der Waals surface area contributed by atoms with E-state index < -0.39 is 32.5 Å². The number of hydrogen-bond donors (Lipinski definition) is 1. The molecule has 0 aliphatic heterocycles. The molecule has 2 atom stereocenters. The van der Waals surface area contributed by atoms with E-state index >= 15 is 0 Å². The SMILES string of the molecule is [CH2-]CCCCCCC(=O)O[C@H](COC(=O)CC[CH2-])COP(=O)(O)OCC[N+](C)(C)C. The highest BCUT2D eigenvalue weighted by atomic mass is 31.2. The molecule has 0 amide bonds. The van der Waals surface area contributed by atoms with Crippen LogP contribution in [-0.4, -0.2) is 74.9 Å². The molecule has 30 heavy (non-hydrogen) atoms. The summed E-state index contributed by atoms with van der Waals surface area (Å²) in [5.41, 5.74) is 0. The first kappa shape index (κ1) is 29.0. The van der Waals surface area contributed by atoms with E-state index in [4.69, 9.17) is 18.5 Å². The van der Waals surface area contributed by atoms with Gasteiger partial charge in [-0.05, 0) is 6.42 Å². The Morgan fingerprint density at radius 2 is 1.60 bits per heavy atom. The molecule has 178 valence electrons. The number of nitrogens with zero attached hydrogens (tertiary/aromatic N) is 1. The van der Waals surface area contributed by atoms with Gasteiger partial charge in [-0.3, -0.25) is 18.6 Å². The lowest BCUT2D eigenvalue weighted by molar-refractivity contribution is -0.870. The van der Waals surface area contributed by atoms with Gasteiger partial charge in [0.15, 0.2) is 6.10 Å². The van der Waals surface area contributed by atoms with Gasteiger partial charge in [-0.1, -0.05) is 19.3 Å². The molecule has 0 saturated carbocycles. The van der Waals surface area contributed by atoms with Crippen LogP contribution in [0.25, 0.3) is 0 Å². The average molecular weight is 453 g/mol. The molecule has 0 spiro atoms. The first-order chi connectivity index (χ1) is 14.0. The van der Waals surface area contributed by atoms with E-state index in [1.165, 1.54) is 0 Å². The van der Waals surface area contributed by atoms with Crippen molar-refractivity contribution in [2.45, 2.75) is 57.5 Å². The zero-order chi connectivity index (χ0) is 23.0. The Labute approximate surface area is 181 Å². The second kappa shape index (κ2) is 15.8. The quantitative estimate of drug-likeness (QED) is 0.111. The van der Waals surface area contributed by atoms with Gasteiger partial charge in [0, 0.05) is 12.8 Å². The maximum Gasteiger partial charge on any atom is 0.472 e. The number of esters is 2. The van der Waals surface area contributed by atoms with Crippen LogP contribution in [0, 0.1) is 13.8 Å². The molecule has 10 heteroatoms. The minimum Gasteiger partial charge on any atom is -0.462 e. The topological polar surface area (TPSA) is 108 Å². The fourth-order valence-corrected chi connectivity index (χ4v) is 2.95. The average Bonchev–Trinajstić information content (AvgIpc) is 2.62. The van der Waals surface area contributed by atoms with Crippen molar-refractivity contribution < 1.29 is 42.1 Å². The number of carbonyl (C=O) groups is 2. The van der Waals surface area contributed by atoms with Crippen molar-refractivity contribution in [1.29, 1.82) is 0 Å². The molecular formula is C20H39NO8P-. The molecule has 1 N–H and O–H groups in total. The van der Waals surface area contributed by atoms with E-state index in [-0.39, 0.29) is 26.1 Å². The van der Waals surface area contributed by atoms with Crippen molar-refractivity contribution in [3.8, 4) is 0 Å². The van der Waals surface area contributed by atoms with Gasteiger partial charge in [-0.2, -0.15) is 12.8 Å². The summed E-state index contributed by atoms with van der Waals surface area (Å²) in [5, 5.41) is 0. The van der Waals surface area contributed by atoms with Gasteiger partial charge in [0.25, 0.3) is 0 Å². The highest BCUT2D eigenvalue weighted by Gasteiger charge is 2.26. The molecule has 1 unspecified atom stereocenters. The molecule has 0 aromatic carbocycles. The third kappa shape index (κ3) is 17.8. The first-order valence-corrected chi connectivity index (χ1v) is 11.8. The molecule has 0 bridgehead atoms. The number of ether oxygens (including phenoxy) is 2. The number of quaternary nitrogens is 1. The standard InChI is InChI=1S/C20H39NO8P/c1-6-8-9-10-11-13-20(23)29-18(16-26-19(22)12-7-2)17-28-30(24,25)27-15-14-21(3,4)5/h18H,1-2,6-17H2,3-5H3,(H,24,25)/q-1/t18-/m1/s1. The molecule has 0 aliphatic rings. The summed E-state index contributed by atoms with van der Waals surface area (Å²) in [5.74, 6) is -0.976. The van der Waals surface area contributed by atoms with E-state index in [9.17, 15) is 19.0 Å². The number of phosphoric ester groups is 1. The van der Waals surface area contributed by atoms with Crippen LogP contribution in [0.15, 0.2) is 0 Å². The predicted octanol–water partition coefficient (Wildman–Crippen LogP) is 3.07. The third-order valence-electron chi connectivity index (χ3n) is 3.93. The van der Waals surface area contributed by atoms with Crippen molar-refractivity contribution in [3.05, 3.63) is 13.8 Å². The molecule has 0 heterocycles. The zero-order valence-electron chi connectivity index (χ0n) is 18.7. The number of phosphoric acid groups is 1. The lowest BCUT2D eigenvalue weighted by Gasteiger charge is -2.24. The molecule has 0 rings (SSSR count). The van der Waals surface area contributed by atoms with Gasteiger partial charge in [0.05, 0.1) is 27.7 Å². The van der Waals surface area contributed by atoms with Gasteiger partial charge >= 0.3 is 19.8 Å². The number of likely N-dealkylation sites (N-methyl/N-ethyl adjacent to an activating group) is 1. The molecule has 0 saturated heterocycles. The molecule has 0 fully saturated rings. The maximum absolute atomic E-state index is 12.1. The normalized spacial score (nSPS) is 14.7. The molecule has 9 nitrogen and oxygen atoms in total. The predicted molar refractivity (Wildman–Crippen MR) is 113 cm³/mol. The summed E-state index contributed by atoms with van der Waals surface area (Å²) >= 11 is 0. The Balaban J connectivity index is 4.58. The number of carbonyl (C=O) groups excluding carboxylic acids is 2. The summed E-state index contributed by atoms with van der Waals surface area (Å²) < 4.78 is 32.8. The number of rotatable bonds is 18. The van der Waals surface area contributed by atoms with Crippen molar-refractivity contribution in [2.75, 3.05) is 47.5 Å². The van der Waals surface area contributed by atoms with E-state index in [0.29, 0.717) is 23.9 Å². The van der Waals surface area contributed by atoms with Crippen molar-refractivity contribution in [2.24, 2.45) is 0 Å². The van der Waals surface area contributed by atoms with E-state index in [0.717, 1.165) is 25.7 Å². The minimum atomic E-state index is -4.33. The Morgan fingerprint density at radius 3 is 2.20 bits per heavy atom. The largest absolute Gasteiger partial charge is 0.472 e. The molecule has 0 radical (unpaired) electrons. The number of unbranched alkanes of at least 4 members (excludes halogenated alkanes) is 4. The van der Waals surface area contributed by atoms with Crippen LogP contribution >= 0.6 is 7.82 Å². The molecular weight excluding hydrogens is 413 g/mol. The Morgan fingerprint density at radius 1 is 0.933 bits per heavy atom. The van der Waals surface area contributed by atoms with Crippen LogP contribution in [0.1, 0.15) is 51.4 Å². The van der Waals surface area contributed by atoms with Crippen LogP contribution in [0.5, 0.6) is 0 Å². The zero-order valence-corrected chi connectivity index (χ0v) is 19.6. The van der Waals surface area contributed by atoms with E-state index in [1.54, 1.807) is 0 Å². The van der Waals surface area contributed by atoms with Crippen LogP contribution in [-0.2, 0) is 32.7 Å². The maximum atomic E-state index is 12.1. The monoisotopic (exact) mass is 452 g/mol. The Hall–Kier alpha value is -0.990. The van der Waals surface area contributed by atoms with Crippen LogP contribution in [0.3, 0.4) is 0 Å². The summed E-state index contributed by atoms with van der Waals surface area (Å²) in [7, 11) is 1.43. The third-order valence-corrected chi connectivity index (χ3v) is 4.91. The van der Waals surface area contributed by atoms with Crippen LogP contribution in [0.2, 0.25) is 0 Å². The van der Waals surface area contributed by atoms with Gasteiger partial charge in [0.2, 0.25) is 0 Å². The van der Waals surface area contributed by atoms with Gasteiger partial charge in [0.1, 0.15) is 19.8 Å². The lowest BCUT2D eigenvalue weighted by atomic mass is 10.1. The summed E-state index contributed by atoms with van der Waals surface area (Å²) in [6.07, 6.45) is 4.11. The van der Waals surface area contributed by atoms with Crippen LogP contribution in [0.4, 0.5) is 0 Å². The molecule has 0 aliphatic carbocycles. The van der Waals surface area contributed by atoms with E-state index in [1.807, 2.05) is 21.1 Å². The molecule has 0 aromatic heterocycles. The second-order valence-electron chi connectivity index (χ2n) is 8.03.